The Labute approximate surface area is 182 Å². The number of aromatic nitrogens is 4. The summed E-state index contributed by atoms with van der Waals surface area (Å²) in [4.78, 5) is 39.8. The number of thioether (sulfide) groups is 1. The molecule has 0 aliphatic carbocycles. The second-order valence-corrected chi connectivity index (χ2v) is 7.70. The number of imide groups is 1. The van der Waals surface area contributed by atoms with E-state index in [2.05, 4.69) is 32.4 Å². The van der Waals surface area contributed by atoms with Crippen molar-refractivity contribution in [3.8, 4) is 11.4 Å². The summed E-state index contributed by atoms with van der Waals surface area (Å²) in [6.07, 6.45) is 5.40. The zero-order valence-electron chi connectivity index (χ0n) is 16.4. The van der Waals surface area contributed by atoms with Gasteiger partial charge in [0.25, 0.3) is 11.8 Å². The summed E-state index contributed by atoms with van der Waals surface area (Å²) in [5.74, 6) is 0.0736. The van der Waals surface area contributed by atoms with Crippen LogP contribution >= 0.6 is 11.8 Å². The van der Waals surface area contributed by atoms with Crippen molar-refractivity contribution in [1.29, 1.82) is 0 Å². The molecule has 0 saturated heterocycles. The third kappa shape index (κ3) is 4.38. The lowest BCUT2D eigenvalue weighted by molar-refractivity contribution is -0.115. The number of pyridine rings is 1. The van der Waals surface area contributed by atoms with Crippen LogP contribution in [0.3, 0.4) is 0 Å². The minimum absolute atomic E-state index is 0.209. The molecule has 2 aromatic heterocycles. The van der Waals surface area contributed by atoms with E-state index < -0.39 is 11.8 Å². The number of hydrogen-bond donors (Lipinski definition) is 2. The van der Waals surface area contributed by atoms with E-state index >= 15 is 0 Å². The lowest BCUT2D eigenvalue weighted by atomic mass is 10.1. The normalized spacial score (nSPS) is 12.4. The Hall–Kier alpha value is -3.79. The van der Waals surface area contributed by atoms with Gasteiger partial charge in [-0.3, -0.25) is 29.3 Å². The summed E-state index contributed by atoms with van der Waals surface area (Å²) < 4.78 is 1.92. The van der Waals surface area contributed by atoms with Crippen LogP contribution in [0.15, 0.2) is 60.5 Å². The number of amides is 3. The van der Waals surface area contributed by atoms with E-state index in [1.165, 1.54) is 23.9 Å². The number of allylic oxidation sites excluding steroid dienone is 1. The highest BCUT2D eigenvalue weighted by Gasteiger charge is 2.26. The van der Waals surface area contributed by atoms with Gasteiger partial charge in [-0.15, -0.1) is 16.8 Å². The lowest BCUT2D eigenvalue weighted by Gasteiger charge is -2.08. The van der Waals surface area contributed by atoms with Crippen LogP contribution in [0.1, 0.15) is 27.1 Å². The maximum atomic E-state index is 12.3. The van der Waals surface area contributed by atoms with Gasteiger partial charge in [0.05, 0.1) is 11.1 Å². The number of rotatable bonds is 8. The van der Waals surface area contributed by atoms with Crippen LogP contribution in [0.25, 0.3) is 11.4 Å². The highest BCUT2D eigenvalue weighted by Crippen LogP contribution is 2.24. The molecule has 3 heterocycles. The molecule has 156 valence electrons. The molecule has 9 nitrogen and oxygen atoms in total. The summed E-state index contributed by atoms with van der Waals surface area (Å²) in [6.45, 7) is 4.32. The number of anilines is 1. The third-order valence-corrected chi connectivity index (χ3v) is 5.50. The van der Waals surface area contributed by atoms with Gasteiger partial charge in [-0.25, -0.2) is 0 Å². The molecule has 10 heteroatoms. The zero-order chi connectivity index (χ0) is 21.8. The summed E-state index contributed by atoms with van der Waals surface area (Å²) >= 11 is 1.41. The first kappa shape index (κ1) is 20.5. The van der Waals surface area contributed by atoms with E-state index in [-0.39, 0.29) is 17.9 Å². The van der Waals surface area contributed by atoms with Crippen molar-refractivity contribution in [3.05, 3.63) is 66.5 Å². The van der Waals surface area contributed by atoms with Gasteiger partial charge in [0.2, 0.25) is 5.91 Å². The first-order valence-electron chi connectivity index (χ1n) is 9.43. The monoisotopic (exact) mass is 434 g/mol. The van der Waals surface area contributed by atoms with E-state index in [0.29, 0.717) is 34.5 Å². The molecule has 1 aliphatic rings. The van der Waals surface area contributed by atoms with Crippen molar-refractivity contribution in [3.63, 3.8) is 0 Å². The standard InChI is InChI=1S/C21H18N6O3S/c1-2-9-27-18(13-4-3-8-22-12-13)25-26-21(27)31-10-7-17(28)23-14-5-6-15-16(11-14)20(30)24-19(15)29/h2-6,8,11-12H,1,7,9-10H2,(H,23,28)(H,24,29,30). The highest BCUT2D eigenvalue weighted by molar-refractivity contribution is 7.99. The van der Waals surface area contributed by atoms with Gasteiger partial charge in [0.1, 0.15) is 0 Å². The molecule has 31 heavy (non-hydrogen) atoms. The van der Waals surface area contributed by atoms with Gasteiger partial charge < -0.3 is 5.32 Å². The van der Waals surface area contributed by atoms with E-state index in [1.807, 2.05) is 16.7 Å². The minimum atomic E-state index is -0.461. The fourth-order valence-electron chi connectivity index (χ4n) is 3.10. The Morgan fingerprint density at radius 2 is 2.03 bits per heavy atom. The smallest absolute Gasteiger partial charge is 0.259 e. The summed E-state index contributed by atoms with van der Waals surface area (Å²) in [5, 5.41) is 14.2. The molecule has 4 rings (SSSR count). The number of carbonyl (C=O) groups is 3. The molecule has 3 aromatic rings. The fourth-order valence-corrected chi connectivity index (χ4v) is 3.99. The predicted molar refractivity (Wildman–Crippen MR) is 116 cm³/mol. The molecule has 0 atom stereocenters. The van der Waals surface area contributed by atoms with Gasteiger partial charge in [0.15, 0.2) is 11.0 Å². The number of nitrogens with one attached hydrogen (secondary N) is 2. The van der Waals surface area contributed by atoms with Crippen molar-refractivity contribution in [2.24, 2.45) is 0 Å². The summed E-state index contributed by atoms with van der Waals surface area (Å²) in [7, 11) is 0. The predicted octanol–water partition coefficient (Wildman–Crippen LogP) is 2.53. The Morgan fingerprint density at radius 3 is 2.81 bits per heavy atom. The molecule has 0 saturated carbocycles. The maximum absolute atomic E-state index is 12.3. The van der Waals surface area contributed by atoms with Crippen molar-refractivity contribution >= 4 is 35.2 Å². The average molecular weight is 434 g/mol. The van der Waals surface area contributed by atoms with Crippen LogP contribution in [0.5, 0.6) is 0 Å². The molecule has 0 bridgehead atoms. The summed E-state index contributed by atoms with van der Waals surface area (Å²) in [6, 6.07) is 8.36. The van der Waals surface area contributed by atoms with Gasteiger partial charge in [-0.05, 0) is 30.3 Å². The second kappa shape index (κ2) is 8.92. The molecule has 1 aromatic carbocycles. The quantitative estimate of drug-likeness (QED) is 0.318. The van der Waals surface area contributed by atoms with E-state index in [0.717, 1.165) is 5.56 Å². The van der Waals surface area contributed by atoms with Crippen LogP contribution in [0.2, 0.25) is 0 Å². The van der Waals surface area contributed by atoms with Crippen molar-refractivity contribution in [2.45, 2.75) is 18.1 Å². The molecule has 1 aliphatic heterocycles. The Kier molecular flexibility index (Phi) is 5.89. The minimum Gasteiger partial charge on any atom is -0.326 e. The van der Waals surface area contributed by atoms with E-state index in [9.17, 15) is 14.4 Å². The highest BCUT2D eigenvalue weighted by atomic mass is 32.2. The lowest BCUT2D eigenvalue weighted by Crippen LogP contribution is -2.19. The molecule has 0 unspecified atom stereocenters. The molecule has 0 radical (unpaired) electrons. The van der Waals surface area contributed by atoms with Gasteiger partial charge in [-0.2, -0.15) is 0 Å². The Morgan fingerprint density at radius 1 is 1.19 bits per heavy atom. The van der Waals surface area contributed by atoms with Gasteiger partial charge in [-0.1, -0.05) is 17.8 Å². The first-order chi connectivity index (χ1) is 15.1. The molecule has 2 N–H and O–H groups in total. The van der Waals surface area contributed by atoms with Crippen LogP contribution in [-0.4, -0.2) is 43.2 Å². The third-order valence-electron chi connectivity index (χ3n) is 4.53. The molecule has 0 fully saturated rings. The van der Waals surface area contributed by atoms with E-state index in [4.69, 9.17) is 0 Å². The number of fused-ring (bicyclic) bond motifs is 1. The Bertz CT molecular complexity index is 1180. The summed E-state index contributed by atoms with van der Waals surface area (Å²) in [5.41, 5.74) is 1.88. The molecular formula is C21H18N6O3S. The van der Waals surface area contributed by atoms with E-state index in [1.54, 1.807) is 24.5 Å². The average Bonchev–Trinajstić information content (AvgIpc) is 3.29. The Balaban J connectivity index is 1.37. The first-order valence-corrected chi connectivity index (χ1v) is 10.4. The topological polar surface area (TPSA) is 119 Å². The molecule has 0 spiro atoms. The van der Waals surface area contributed by atoms with Crippen LogP contribution in [-0.2, 0) is 11.3 Å². The number of hydrogen-bond acceptors (Lipinski definition) is 7. The maximum Gasteiger partial charge on any atom is 0.259 e. The molecule has 3 amide bonds. The van der Waals surface area contributed by atoms with Crippen molar-refractivity contribution in [1.82, 2.24) is 25.1 Å². The SMILES string of the molecule is C=CCn1c(SCCC(=O)Nc2ccc3c(c2)C(=O)NC3=O)nnc1-c1cccnc1. The van der Waals surface area contributed by atoms with Gasteiger partial charge in [0, 0.05) is 42.4 Å². The second-order valence-electron chi connectivity index (χ2n) is 6.64. The van der Waals surface area contributed by atoms with Crippen LogP contribution in [0.4, 0.5) is 5.69 Å². The molecular weight excluding hydrogens is 416 g/mol. The van der Waals surface area contributed by atoms with Crippen LogP contribution < -0.4 is 10.6 Å². The van der Waals surface area contributed by atoms with Crippen molar-refractivity contribution < 1.29 is 14.4 Å². The van der Waals surface area contributed by atoms with Crippen molar-refractivity contribution in [2.75, 3.05) is 11.1 Å². The number of carbonyl (C=O) groups excluding carboxylic acids is 3. The largest absolute Gasteiger partial charge is 0.326 e. The number of benzene rings is 1. The zero-order valence-corrected chi connectivity index (χ0v) is 17.2. The fraction of sp³-hybridized carbons (Fsp3) is 0.143. The van der Waals surface area contributed by atoms with Gasteiger partial charge >= 0.3 is 0 Å². The van der Waals surface area contributed by atoms with Crippen LogP contribution in [0, 0.1) is 0 Å². The number of nitrogens with zero attached hydrogens (tertiary/aromatic N) is 4.